The minimum Gasteiger partial charge on any atom is -0.0614 e. The molecule has 0 aliphatic heterocycles. The van der Waals surface area contributed by atoms with Crippen LogP contribution in [0.5, 0.6) is 0 Å². The van der Waals surface area contributed by atoms with Crippen LogP contribution in [0.2, 0.25) is 0 Å². The van der Waals surface area contributed by atoms with E-state index in [9.17, 15) is 0 Å². The molecular weight excluding hydrogens is 184 g/mol. The van der Waals surface area contributed by atoms with Crippen LogP contribution in [-0.2, 0) is 0 Å². The average Bonchev–Trinajstić information content (AvgIpc) is 2.29. The molecule has 0 heterocycles. The molecule has 2 aromatic rings. The van der Waals surface area contributed by atoms with E-state index < -0.39 is 0 Å². The fourth-order valence-electron chi connectivity index (χ4n) is 1.55. The van der Waals surface area contributed by atoms with E-state index in [1.54, 1.807) is 12.1 Å². The SMILES string of the molecule is Cc1cccc(-c2ccc([N+]#N)cc2)c1. The predicted octanol–water partition coefficient (Wildman–Crippen LogP) is 4.15. The van der Waals surface area contributed by atoms with Gasteiger partial charge in [-0.25, -0.2) is 0 Å². The second-order valence-corrected chi connectivity index (χ2v) is 3.52. The van der Waals surface area contributed by atoms with Crippen molar-refractivity contribution in [2.45, 2.75) is 6.92 Å². The zero-order valence-corrected chi connectivity index (χ0v) is 8.51. The summed E-state index contributed by atoms with van der Waals surface area (Å²) in [6, 6.07) is 15.8. The topological polar surface area (TPSA) is 28.1 Å². The van der Waals surface area contributed by atoms with Crippen molar-refractivity contribution in [3.05, 3.63) is 59.1 Å². The predicted molar refractivity (Wildman–Crippen MR) is 61.4 cm³/mol. The maximum absolute atomic E-state index is 8.57. The molecular formula is C13H11N2+. The first-order chi connectivity index (χ1) is 7.29. The quantitative estimate of drug-likeness (QED) is 0.628. The highest BCUT2D eigenvalue weighted by Crippen LogP contribution is 2.23. The maximum atomic E-state index is 8.57. The number of hydrogen-bond donors (Lipinski definition) is 0. The number of aryl methyl sites for hydroxylation is 1. The van der Waals surface area contributed by atoms with Crippen LogP contribution in [0.3, 0.4) is 0 Å². The number of rotatable bonds is 1. The van der Waals surface area contributed by atoms with Crippen LogP contribution in [0.1, 0.15) is 5.56 Å². The Hall–Kier alpha value is -2.14. The Kier molecular flexibility index (Phi) is 2.47. The summed E-state index contributed by atoms with van der Waals surface area (Å²) in [5.74, 6) is 0. The van der Waals surface area contributed by atoms with Crippen LogP contribution in [0, 0.1) is 12.3 Å². The van der Waals surface area contributed by atoms with Gasteiger partial charge in [0.1, 0.15) is 0 Å². The first-order valence-electron chi connectivity index (χ1n) is 4.82. The summed E-state index contributed by atoms with van der Waals surface area (Å²) in [5, 5.41) is 8.57. The van der Waals surface area contributed by atoms with Gasteiger partial charge in [-0.1, -0.05) is 29.8 Å². The lowest BCUT2D eigenvalue weighted by molar-refractivity contribution is 1.45. The van der Waals surface area contributed by atoms with Gasteiger partial charge in [-0.15, -0.1) is 0 Å². The highest BCUT2D eigenvalue weighted by molar-refractivity contribution is 5.66. The lowest BCUT2D eigenvalue weighted by atomic mass is 10.0. The highest BCUT2D eigenvalue weighted by atomic mass is 14.8. The minimum atomic E-state index is 0.575. The second kappa shape index (κ2) is 3.93. The van der Waals surface area contributed by atoms with Crippen LogP contribution in [0.25, 0.3) is 16.1 Å². The van der Waals surface area contributed by atoms with Crippen molar-refractivity contribution in [2.24, 2.45) is 0 Å². The van der Waals surface area contributed by atoms with Gasteiger partial charge in [-0.2, -0.15) is 0 Å². The van der Waals surface area contributed by atoms with E-state index >= 15 is 0 Å². The molecule has 0 aliphatic carbocycles. The largest absolute Gasteiger partial charge is 0.385 e. The summed E-state index contributed by atoms with van der Waals surface area (Å²) in [6.45, 7) is 2.07. The third-order valence-corrected chi connectivity index (χ3v) is 2.33. The van der Waals surface area contributed by atoms with Crippen molar-refractivity contribution in [1.82, 2.24) is 0 Å². The van der Waals surface area contributed by atoms with Crippen LogP contribution in [-0.4, -0.2) is 0 Å². The molecule has 0 saturated heterocycles. The highest BCUT2D eigenvalue weighted by Gasteiger charge is 2.03. The Bertz CT molecular complexity index is 507. The Morgan fingerprint density at radius 3 is 2.27 bits per heavy atom. The Balaban J connectivity index is 2.42. The van der Waals surface area contributed by atoms with Gasteiger partial charge in [0, 0.05) is 12.1 Å². The average molecular weight is 195 g/mol. The number of nitrogens with zero attached hydrogens (tertiary/aromatic N) is 2. The van der Waals surface area contributed by atoms with Gasteiger partial charge in [0.2, 0.25) is 5.39 Å². The molecule has 0 fully saturated rings. The van der Waals surface area contributed by atoms with E-state index in [1.807, 2.05) is 18.2 Å². The van der Waals surface area contributed by atoms with Gasteiger partial charge < -0.3 is 0 Å². The molecule has 72 valence electrons. The van der Waals surface area contributed by atoms with E-state index in [1.165, 1.54) is 11.1 Å². The molecule has 0 unspecified atom stereocenters. The summed E-state index contributed by atoms with van der Waals surface area (Å²) in [4.78, 5) is 3.12. The third-order valence-electron chi connectivity index (χ3n) is 2.33. The van der Waals surface area contributed by atoms with Crippen molar-refractivity contribution in [3.63, 3.8) is 0 Å². The molecule has 2 heteroatoms. The van der Waals surface area contributed by atoms with Crippen LogP contribution in [0.4, 0.5) is 5.69 Å². The third kappa shape index (κ3) is 2.03. The number of benzene rings is 2. The van der Waals surface area contributed by atoms with E-state index in [0.717, 1.165) is 5.56 Å². The van der Waals surface area contributed by atoms with Crippen LogP contribution >= 0.6 is 0 Å². The standard InChI is InChI=1S/C13H11N2/c1-10-3-2-4-12(9-10)11-5-7-13(15-14)8-6-11/h2-9H,1H3/q+1. The van der Waals surface area contributed by atoms with Gasteiger partial charge in [0.15, 0.2) is 4.98 Å². The minimum absolute atomic E-state index is 0.575. The molecule has 2 aromatic carbocycles. The van der Waals surface area contributed by atoms with Crippen LogP contribution < -0.4 is 0 Å². The van der Waals surface area contributed by atoms with Gasteiger partial charge in [-0.05, 0) is 30.2 Å². The van der Waals surface area contributed by atoms with E-state index in [0.29, 0.717) is 5.69 Å². The maximum Gasteiger partial charge on any atom is 0.385 e. The Labute approximate surface area is 88.8 Å². The zero-order valence-electron chi connectivity index (χ0n) is 8.51. The number of hydrogen-bond acceptors (Lipinski definition) is 1. The van der Waals surface area contributed by atoms with Crippen LogP contribution in [0.15, 0.2) is 48.5 Å². The lowest BCUT2D eigenvalue weighted by Gasteiger charge is -2.00. The summed E-state index contributed by atoms with van der Waals surface area (Å²) >= 11 is 0. The monoisotopic (exact) mass is 195 g/mol. The first-order valence-corrected chi connectivity index (χ1v) is 4.82. The van der Waals surface area contributed by atoms with Crippen molar-refractivity contribution < 1.29 is 0 Å². The fraction of sp³-hybridized carbons (Fsp3) is 0.0769. The van der Waals surface area contributed by atoms with Gasteiger partial charge in [-0.3, -0.25) is 0 Å². The Morgan fingerprint density at radius 2 is 1.67 bits per heavy atom. The van der Waals surface area contributed by atoms with E-state index in [-0.39, 0.29) is 0 Å². The molecule has 0 bridgehead atoms. The van der Waals surface area contributed by atoms with E-state index in [2.05, 4.69) is 30.1 Å². The van der Waals surface area contributed by atoms with Crippen molar-refractivity contribution in [2.75, 3.05) is 0 Å². The molecule has 15 heavy (non-hydrogen) atoms. The van der Waals surface area contributed by atoms with Crippen molar-refractivity contribution in [3.8, 4) is 11.1 Å². The lowest BCUT2D eigenvalue weighted by Crippen LogP contribution is -1.78. The number of diazo groups is 1. The molecule has 0 N–H and O–H groups in total. The molecule has 0 amide bonds. The zero-order chi connectivity index (χ0) is 10.7. The molecule has 0 aliphatic rings. The molecule has 0 radical (unpaired) electrons. The van der Waals surface area contributed by atoms with Gasteiger partial charge >= 0.3 is 5.69 Å². The normalized spacial score (nSPS) is 9.60. The summed E-state index contributed by atoms with van der Waals surface area (Å²) in [5.41, 5.74) is 4.13. The summed E-state index contributed by atoms with van der Waals surface area (Å²) in [6.07, 6.45) is 0. The smallest absolute Gasteiger partial charge is 0.0614 e. The summed E-state index contributed by atoms with van der Waals surface area (Å²) < 4.78 is 0. The van der Waals surface area contributed by atoms with Crippen molar-refractivity contribution in [1.29, 1.82) is 5.39 Å². The molecule has 2 rings (SSSR count). The molecule has 0 spiro atoms. The van der Waals surface area contributed by atoms with Crippen molar-refractivity contribution >= 4 is 5.69 Å². The molecule has 0 aromatic heterocycles. The fourth-order valence-corrected chi connectivity index (χ4v) is 1.55. The molecule has 0 saturated carbocycles. The van der Waals surface area contributed by atoms with E-state index in [4.69, 9.17) is 5.39 Å². The van der Waals surface area contributed by atoms with Gasteiger partial charge in [0.05, 0.1) is 0 Å². The molecule has 2 nitrogen and oxygen atoms in total. The Morgan fingerprint density at radius 1 is 0.933 bits per heavy atom. The van der Waals surface area contributed by atoms with Gasteiger partial charge in [0.25, 0.3) is 0 Å². The summed E-state index contributed by atoms with van der Waals surface area (Å²) in [7, 11) is 0. The second-order valence-electron chi connectivity index (χ2n) is 3.52. The molecule has 0 atom stereocenters. The first kappa shape index (κ1) is 9.42.